The summed E-state index contributed by atoms with van der Waals surface area (Å²) in [6, 6.07) is 19.7. The van der Waals surface area contributed by atoms with Gasteiger partial charge in [0.15, 0.2) is 0 Å². The monoisotopic (exact) mass is 418 g/mol. The van der Waals surface area contributed by atoms with E-state index in [1.54, 1.807) is 6.08 Å². The van der Waals surface area contributed by atoms with Crippen LogP contribution in [-0.2, 0) is 4.79 Å². The molecule has 6 heteroatoms. The molecular weight excluding hydrogens is 396 g/mol. The van der Waals surface area contributed by atoms with Crippen molar-refractivity contribution in [1.82, 2.24) is 9.47 Å². The predicted molar refractivity (Wildman–Crippen MR) is 120 cm³/mol. The number of carbonyl (C=O) groups excluding carboxylic acids is 2. The summed E-state index contributed by atoms with van der Waals surface area (Å²) in [5.74, 6) is 0.448. The van der Waals surface area contributed by atoms with Gasteiger partial charge in [-0.1, -0.05) is 35.9 Å². The van der Waals surface area contributed by atoms with Crippen molar-refractivity contribution < 1.29 is 14.3 Å². The molecule has 1 fully saturated rings. The van der Waals surface area contributed by atoms with Gasteiger partial charge in [-0.15, -0.1) is 0 Å². The Morgan fingerprint density at radius 2 is 1.73 bits per heavy atom. The quantitative estimate of drug-likeness (QED) is 0.516. The highest BCUT2D eigenvalue weighted by atomic mass is 32.2. The van der Waals surface area contributed by atoms with Crippen LogP contribution in [0.1, 0.15) is 16.8 Å². The highest BCUT2D eigenvalue weighted by molar-refractivity contribution is 8.18. The number of aromatic nitrogens is 1. The third-order valence-corrected chi connectivity index (χ3v) is 5.75. The first-order valence-corrected chi connectivity index (χ1v) is 10.5. The van der Waals surface area contributed by atoms with E-state index in [0.29, 0.717) is 4.91 Å². The Kier molecular flexibility index (Phi) is 5.77. The molecule has 0 saturated carbocycles. The normalized spacial score (nSPS) is 15.3. The van der Waals surface area contributed by atoms with E-state index in [9.17, 15) is 9.59 Å². The molecule has 5 nitrogen and oxygen atoms in total. The maximum atomic E-state index is 12.7. The summed E-state index contributed by atoms with van der Waals surface area (Å²) >= 11 is 0.969. The fourth-order valence-electron chi connectivity index (χ4n) is 3.28. The molecule has 0 radical (unpaired) electrons. The fourth-order valence-corrected chi connectivity index (χ4v) is 4.14. The lowest BCUT2D eigenvalue weighted by Gasteiger charge is -2.13. The van der Waals surface area contributed by atoms with Crippen molar-refractivity contribution in [2.24, 2.45) is 0 Å². The van der Waals surface area contributed by atoms with E-state index in [2.05, 4.69) is 4.57 Å². The molecular formula is C24H22N2O3S. The van der Waals surface area contributed by atoms with Crippen LogP contribution in [0, 0.1) is 13.8 Å². The predicted octanol–water partition coefficient (Wildman–Crippen LogP) is 5.21. The number of rotatable bonds is 6. The summed E-state index contributed by atoms with van der Waals surface area (Å²) in [6.45, 7) is 4.50. The number of benzene rings is 2. The molecule has 0 spiro atoms. The van der Waals surface area contributed by atoms with E-state index in [-0.39, 0.29) is 24.3 Å². The number of hydrogen-bond donors (Lipinski definition) is 0. The summed E-state index contributed by atoms with van der Waals surface area (Å²) in [4.78, 5) is 26.7. The highest BCUT2D eigenvalue weighted by Crippen LogP contribution is 2.32. The van der Waals surface area contributed by atoms with Gasteiger partial charge in [0.05, 0.1) is 11.4 Å². The van der Waals surface area contributed by atoms with E-state index in [4.69, 9.17) is 4.74 Å². The minimum Gasteiger partial charge on any atom is -0.492 e. The summed E-state index contributed by atoms with van der Waals surface area (Å²) in [5.41, 5.74) is 4.14. The molecule has 1 aliphatic heterocycles. The van der Waals surface area contributed by atoms with Crippen LogP contribution in [0.25, 0.3) is 11.8 Å². The lowest BCUT2D eigenvalue weighted by Crippen LogP contribution is -2.32. The van der Waals surface area contributed by atoms with Gasteiger partial charge in [-0.3, -0.25) is 14.5 Å². The van der Waals surface area contributed by atoms with Gasteiger partial charge in [0.2, 0.25) is 0 Å². The van der Waals surface area contributed by atoms with E-state index in [0.717, 1.165) is 40.0 Å². The van der Waals surface area contributed by atoms with Crippen LogP contribution in [-0.4, -0.2) is 33.8 Å². The highest BCUT2D eigenvalue weighted by Gasteiger charge is 2.34. The molecule has 0 aliphatic carbocycles. The van der Waals surface area contributed by atoms with E-state index >= 15 is 0 Å². The molecule has 0 unspecified atom stereocenters. The van der Waals surface area contributed by atoms with E-state index < -0.39 is 0 Å². The number of nitrogens with zero attached hydrogens (tertiary/aromatic N) is 2. The Balaban J connectivity index is 1.43. The first-order chi connectivity index (χ1) is 14.5. The fraction of sp³-hybridized carbons (Fsp3) is 0.167. The SMILES string of the molecule is Cc1ccc(OCCN2C(=O)S/C(=C/c3cc(C)n(-c4ccccc4)c3)C2=O)cc1. The zero-order valence-corrected chi connectivity index (χ0v) is 17.7. The largest absolute Gasteiger partial charge is 0.492 e. The van der Waals surface area contributed by atoms with Crippen molar-refractivity contribution in [2.75, 3.05) is 13.2 Å². The third kappa shape index (κ3) is 4.33. The molecule has 2 amide bonds. The van der Waals surface area contributed by atoms with Crippen LogP contribution >= 0.6 is 11.8 Å². The number of imide groups is 1. The number of thioether (sulfide) groups is 1. The van der Waals surface area contributed by atoms with Crippen LogP contribution in [0.15, 0.2) is 71.8 Å². The Morgan fingerprint density at radius 3 is 2.47 bits per heavy atom. The third-order valence-electron chi connectivity index (χ3n) is 4.84. The molecule has 152 valence electrons. The first-order valence-electron chi connectivity index (χ1n) is 9.70. The number of aryl methyl sites for hydroxylation is 2. The molecule has 3 aromatic rings. The number of amides is 2. The van der Waals surface area contributed by atoms with Crippen LogP contribution in [0.5, 0.6) is 5.75 Å². The summed E-state index contributed by atoms with van der Waals surface area (Å²) < 4.78 is 7.72. The average molecular weight is 419 g/mol. The zero-order chi connectivity index (χ0) is 21.1. The Morgan fingerprint density at radius 1 is 1.00 bits per heavy atom. The van der Waals surface area contributed by atoms with Crippen molar-refractivity contribution in [3.05, 3.63) is 88.6 Å². The molecule has 0 atom stereocenters. The second-order valence-electron chi connectivity index (χ2n) is 7.12. The van der Waals surface area contributed by atoms with Crippen molar-refractivity contribution in [1.29, 1.82) is 0 Å². The first kappa shape index (κ1) is 20.0. The van der Waals surface area contributed by atoms with E-state index in [1.807, 2.05) is 80.7 Å². The zero-order valence-electron chi connectivity index (χ0n) is 16.9. The molecule has 4 rings (SSSR count). The lowest BCUT2D eigenvalue weighted by atomic mass is 10.2. The van der Waals surface area contributed by atoms with Gasteiger partial charge in [-0.25, -0.2) is 0 Å². The van der Waals surface area contributed by atoms with Crippen molar-refractivity contribution in [3.63, 3.8) is 0 Å². The van der Waals surface area contributed by atoms with Crippen LogP contribution < -0.4 is 4.74 Å². The van der Waals surface area contributed by atoms with Gasteiger partial charge in [0.1, 0.15) is 12.4 Å². The minimum absolute atomic E-state index is 0.222. The Labute approximate surface area is 180 Å². The molecule has 1 aliphatic rings. The van der Waals surface area contributed by atoms with Crippen LogP contribution in [0.3, 0.4) is 0 Å². The Bertz CT molecular complexity index is 1100. The average Bonchev–Trinajstić information content (AvgIpc) is 3.24. The molecule has 0 bridgehead atoms. The number of para-hydroxylation sites is 1. The molecule has 1 aromatic heterocycles. The maximum absolute atomic E-state index is 12.7. The van der Waals surface area contributed by atoms with Gasteiger partial charge >= 0.3 is 0 Å². The molecule has 1 saturated heterocycles. The lowest BCUT2D eigenvalue weighted by molar-refractivity contribution is -0.123. The smallest absolute Gasteiger partial charge is 0.293 e. The van der Waals surface area contributed by atoms with Crippen LogP contribution in [0.4, 0.5) is 4.79 Å². The van der Waals surface area contributed by atoms with Crippen molar-refractivity contribution >= 4 is 29.0 Å². The van der Waals surface area contributed by atoms with E-state index in [1.165, 1.54) is 4.90 Å². The van der Waals surface area contributed by atoms with Crippen molar-refractivity contribution in [3.8, 4) is 11.4 Å². The second-order valence-corrected chi connectivity index (χ2v) is 8.11. The summed E-state index contributed by atoms with van der Waals surface area (Å²) in [5, 5.41) is -0.266. The number of hydrogen-bond acceptors (Lipinski definition) is 4. The van der Waals surface area contributed by atoms with Gasteiger partial charge in [-0.2, -0.15) is 0 Å². The molecule has 2 aromatic carbocycles. The molecule has 30 heavy (non-hydrogen) atoms. The second kappa shape index (κ2) is 8.63. The van der Waals surface area contributed by atoms with Crippen LogP contribution in [0.2, 0.25) is 0 Å². The maximum Gasteiger partial charge on any atom is 0.293 e. The van der Waals surface area contributed by atoms with Gasteiger partial charge < -0.3 is 9.30 Å². The van der Waals surface area contributed by atoms with Crippen molar-refractivity contribution in [2.45, 2.75) is 13.8 Å². The number of carbonyl (C=O) groups is 2. The number of ether oxygens (including phenoxy) is 1. The van der Waals surface area contributed by atoms with Gasteiger partial charge in [0, 0.05) is 17.6 Å². The topological polar surface area (TPSA) is 51.5 Å². The standard InChI is InChI=1S/C24H22N2O3S/c1-17-8-10-21(11-9-17)29-13-12-25-23(27)22(30-24(25)28)15-19-14-18(2)26(16-19)20-6-4-3-5-7-20/h3-11,14-16H,12-13H2,1-2H3/b22-15+. The Hall–Kier alpha value is -3.25. The van der Waals surface area contributed by atoms with Gasteiger partial charge in [-0.05, 0) is 67.6 Å². The summed E-state index contributed by atoms with van der Waals surface area (Å²) in [6.07, 6.45) is 3.75. The van der Waals surface area contributed by atoms with Gasteiger partial charge in [0.25, 0.3) is 11.1 Å². The molecule has 2 heterocycles. The molecule has 0 N–H and O–H groups in total. The summed E-state index contributed by atoms with van der Waals surface area (Å²) in [7, 11) is 0. The minimum atomic E-state index is -0.275.